The van der Waals surface area contributed by atoms with Crippen LogP contribution in [0.5, 0.6) is 0 Å². The van der Waals surface area contributed by atoms with Crippen molar-refractivity contribution in [2.45, 2.75) is 0 Å². The van der Waals surface area contributed by atoms with E-state index in [2.05, 4.69) is 19.8 Å². The van der Waals surface area contributed by atoms with Gasteiger partial charge in [0.05, 0.1) is 0 Å². The summed E-state index contributed by atoms with van der Waals surface area (Å²) in [5, 5.41) is 4.53. The summed E-state index contributed by atoms with van der Waals surface area (Å²) in [5.41, 5.74) is 0. The molecular formula is C9H13INOS-. The van der Waals surface area contributed by atoms with Crippen LogP contribution in [0.2, 0.25) is 0 Å². The van der Waals surface area contributed by atoms with Gasteiger partial charge in [0.1, 0.15) is 0 Å². The third kappa shape index (κ3) is 3.27. The van der Waals surface area contributed by atoms with Crippen LogP contribution in [0.25, 0.3) is 0 Å². The van der Waals surface area contributed by atoms with E-state index in [1.165, 1.54) is 6.54 Å². The van der Waals surface area contributed by atoms with Gasteiger partial charge in [-0.05, 0) is 0 Å². The van der Waals surface area contributed by atoms with Gasteiger partial charge in [0, 0.05) is 0 Å². The number of morpholine rings is 1. The average Bonchev–Trinajstić information content (AvgIpc) is 2.21. The van der Waals surface area contributed by atoms with Crippen molar-refractivity contribution < 1.29 is 25.9 Å². The quantitative estimate of drug-likeness (QED) is 0.574. The second-order valence-electron chi connectivity index (χ2n) is 2.96. The van der Waals surface area contributed by atoms with E-state index in [1.807, 2.05) is 11.8 Å². The molecule has 2 aliphatic rings. The first-order valence-corrected chi connectivity index (χ1v) is 7.65. The summed E-state index contributed by atoms with van der Waals surface area (Å²) in [6.07, 6.45) is 0. The molecular weight excluding hydrogens is 297 g/mol. The van der Waals surface area contributed by atoms with Gasteiger partial charge in [-0.1, -0.05) is 0 Å². The Morgan fingerprint density at radius 2 is 2.31 bits per heavy atom. The third-order valence-corrected chi connectivity index (χ3v) is 5.80. The van der Waals surface area contributed by atoms with Gasteiger partial charge < -0.3 is 0 Å². The van der Waals surface area contributed by atoms with Crippen LogP contribution in [-0.2, 0) is 4.74 Å². The second kappa shape index (κ2) is 5.38. The van der Waals surface area contributed by atoms with Crippen LogP contribution in [0.15, 0.2) is 18.5 Å². The van der Waals surface area contributed by atoms with Crippen molar-refractivity contribution in [3.05, 3.63) is 18.5 Å². The van der Waals surface area contributed by atoms with Crippen molar-refractivity contribution in [3.8, 4) is 0 Å². The number of hydrogen-bond acceptors (Lipinski definition) is 3. The Hall–Kier alpha value is 0.480. The Bertz CT molecular complexity index is 224. The van der Waals surface area contributed by atoms with Crippen molar-refractivity contribution in [3.63, 3.8) is 0 Å². The van der Waals surface area contributed by atoms with Crippen molar-refractivity contribution in [1.29, 1.82) is 0 Å². The fourth-order valence-corrected chi connectivity index (χ4v) is 4.75. The van der Waals surface area contributed by atoms with Crippen molar-refractivity contribution in [2.75, 3.05) is 32.8 Å². The zero-order valence-corrected chi connectivity index (χ0v) is 10.4. The van der Waals surface area contributed by atoms with Crippen molar-refractivity contribution in [2.24, 2.45) is 0 Å². The zero-order valence-electron chi connectivity index (χ0n) is 7.41. The summed E-state index contributed by atoms with van der Waals surface area (Å²) >= 11 is 2.02. The molecule has 13 heavy (non-hydrogen) atoms. The predicted octanol–water partition coefficient (Wildman–Crippen LogP) is -1.53. The number of rotatable bonds is 2. The van der Waals surface area contributed by atoms with E-state index < -0.39 is 0 Å². The molecule has 0 atom stereocenters. The molecule has 0 aromatic heterocycles. The monoisotopic (exact) mass is 310 g/mol. The molecule has 0 aliphatic carbocycles. The Labute approximate surface area is 93.7 Å². The summed E-state index contributed by atoms with van der Waals surface area (Å²) in [4.78, 5) is 2.49. The van der Waals surface area contributed by atoms with Crippen LogP contribution in [0.4, 0.5) is 0 Å². The minimum atomic E-state index is 0.199. The van der Waals surface area contributed by atoms with Gasteiger partial charge in [-0.25, -0.2) is 0 Å². The van der Waals surface area contributed by atoms with Crippen LogP contribution >= 0.6 is 11.8 Å². The molecule has 4 heteroatoms. The summed E-state index contributed by atoms with van der Waals surface area (Å²) in [5.74, 6) is 0. The van der Waals surface area contributed by atoms with Gasteiger partial charge in [0.2, 0.25) is 0 Å². The molecule has 0 N–H and O–H groups in total. The molecule has 0 saturated carbocycles. The van der Waals surface area contributed by atoms with Gasteiger partial charge in [-0.3, -0.25) is 0 Å². The van der Waals surface area contributed by atoms with E-state index >= 15 is 0 Å². The number of hydrogen-bond donors (Lipinski definition) is 0. The van der Waals surface area contributed by atoms with E-state index in [1.54, 1.807) is 3.58 Å². The van der Waals surface area contributed by atoms with E-state index in [0.29, 0.717) is 0 Å². The van der Waals surface area contributed by atoms with E-state index in [0.717, 1.165) is 26.3 Å². The first kappa shape index (κ1) is 10.0. The van der Waals surface area contributed by atoms with Gasteiger partial charge >= 0.3 is 93.9 Å². The molecule has 0 aromatic rings. The first-order chi connectivity index (χ1) is 6.45. The average molecular weight is 310 g/mol. The Morgan fingerprint density at radius 1 is 1.46 bits per heavy atom. The zero-order chi connectivity index (χ0) is 8.93. The molecule has 2 rings (SSSR count). The van der Waals surface area contributed by atoms with Crippen LogP contribution in [0.1, 0.15) is 0 Å². The van der Waals surface area contributed by atoms with E-state index in [9.17, 15) is 0 Å². The Morgan fingerprint density at radius 3 is 3.00 bits per heavy atom. The first-order valence-electron chi connectivity index (χ1n) is 4.38. The summed E-state index contributed by atoms with van der Waals surface area (Å²) in [6.45, 7) is 5.21. The number of halogens is 1. The van der Waals surface area contributed by atoms with E-state index in [4.69, 9.17) is 4.74 Å². The van der Waals surface area contributed by atoms with Gasteiger partial charge in [-0.2, -0.15) is 0 Å². The minimum absolute atomic E-state index is 0.199. The summed E-state index contributed by atoms with van der Waals surface area (Å²) in [7, 11) is 0. The van der Waals surface area contributed by atoms with Crippen molar-refractivity contribution in [1.82, 2.24) is 4.90 Å². The summed E-state index contributed by atoms with van der Waals surface area (Å²) < 4.78 is 9.31. The Kier molecular flexibility index (Phi) is 4.15. The molecule has 0 amide bonds. The third-order valence-electron chi connectivity index (χ3n) is 2.01. The predicted molar refractivity (Wildman–Crippen MR) is 52.1 cm³/mol. The van der Waals surface area contributed by atoms with Gasteiger partial charge in [-0.15, -0.1) is 0 Å². The normalized spacial score (nSPS) is 25.1. The fraction of sp³-hybridized carbons (Fsp3) is 0.556. The molecule has 1 saturated heterocycles. The number of thioether (sulfide) groups is 1. The summed E-state index contributed by atoms with van der Waals surface area (Å²) in [6, 6.07) is 0. The number of nitrogens with zero attached hydrogens (tertiary/aromatic N) is 1. The molecule has 1 fully saturated rings. The SMILES string of the molecule is C1=C[I-]C(CN2CCOCC2)=CS1. The molecule has 74 valence electrons. The van der Waals surface area contributed by atoms with Gasteiger partial charge in [0.15, 0.2) is 0 Å². The molecule has 2 heterocycles. The van der Waals surface area contributed by atoms with Crippen molar-refractivity contribution >= 4 is 11.8 Å². The second-order valence-corrected chi connectivity index (χ2v) is 6.47. The number of ether oxygens (including phenoxy) is 1. The molecule has 0 bridgehead atoms. The van der Waals surface area contributed by atoms with Crippen LogP contribution in [0, 0.1) is 0 Å². The maximum atomic E-state index is 5.32. The molecule has 0 unspecified atom stereocenters. The molecule has 0 spiro atoms. The van der Waals surface area contributed by atoms with Crippen LogP contribution in [-0.4, -0.2) is 37.7 Å². The molecule has 0 radical (unpaired) electrons. The Balaban J connectivity index is 1.79. The molecule has 2 aliphatic heterocycles. The van der Waals surface area contributed by atoms with Crippen LogP contribution in [0.3, 0.4) is 0 Å². The van der Waals surface area contributed by atoms with E-state index in [-0.39, 0.29) is 21.2 Å². The topological polar surface area (TPSA) is 12.5 Å². The molecule has 2 nitrogen and oxygen atoms in total. The maximum absolute atomic E-state index is 5.32. The van der Waals surface area contributed by atoms with Crippen LogP contribution < -0.4 is 21.2 Å². The standard InChI is InChI=1S/C9H13INOS/c1-6-13-8-9(10-1)7-11-2-4-12-5-3-11/h1,6,8H,2-5,7H2/q-1. The molecule has 0 aromatic carbocycles. The van der Waals surface area contributed by atoms with Gasteiger partial charge in [0.25, 0.3) is 0 Å². The fourth-order valence-electron chi connectivity index (χ4n) is 1.32.